The van der Waals surface area contributed by atoms with E-state index in [1.54, 1.807) is 0 Å². The van der Waals surface area contributed by atoms with E-state index in [4.69, 9.17) is 5.73 Å². The third-order valence-electron chi connectivity index (χ3n) is 4.94. The lowest BCUT2D eigenvalue weighted by atomic mass is 9.88. The van der Waals surface area contributed by atoms with Crippen LogP contribution in [0.2, 0.25) is 0 Å². The minimum absolute atomic E-state index is 0.355. The molecule has 0 spiro atoms. The Morgan fingerprint density at radius 1 is 1.19 bits per heavy atom. The summed E-state index contributed by atoms with van der Waals surface area (Å²) >= 11 is 0. The molecule has 2 aliphatic rings. The summed E-state index contributed by atoms with van der Waals surface area (Å²) in [7, 11) is 0. The lowest BCUT2D eigenvalue weighted by molar-refractivity contribution is 0.1000. The molecule has 1 aromatic rings. The van der Waals surface area contributed by atoms with Crippen molar-refractivity contribution in [2.24, 2.45) is 11.7 Å². The molecule has 0 aliphatic carbocycles. The summed E-state index contributed by atoms with van der Waals surface area (Å²) in [5, 5.41) is 3.65. The van der Waals surface area contributed by atoms with Crippen LogP contribution in [0.4, 0.5) is 0 Å². The van der Waals surface area contributed by atoms with Crippen molar-refractivity contribution in [1.82, 2.24) is 10.2 Å². The van der Waals surface area contributed by atoms with Crippen molar-refractivity contribution in [2.45, 2.75) is 38.3 Å². The minimum atomic E-state index is -0.355. The summed E-state index contributed by atoms with van der Waals surface area (Å²) in [5.74, 6) is 0.507. The zero-order valence-corrected chi connectivity index (χ0v) is 12.6. The molecule has 4 nitrogen and oxygen atoms in total. The Balaban J connectivity index is 1.49. The topological polar surface area (TPSA) is 58.4 Å². The second-order valence-corrected chi connectivity index (χ2v) is 6.38. The van der Waals surface area contributed by atoms with Crippen molar-refractivity contribution in [3.63, 3.8) is 0 Å². The first-order chi connectivity index (χ1) is 10.2. The summed E-state index contributed by atoms with van der Waals surface area (Å²) in [4.78, 5) is 13.6. The fraction of sp³-hybridized carbons (Fsp3) is 0.588. The number of carbonyl (C=O) groups excluding carboxylic acids is 1. The highest BCUT2D eigenvalue weighted by molar-refractivity contribution is 5.92. The first kappa shape index (κ1) is 14.5. The SMILES string of the molecule is NC(=O)c1ccc(CN2CCC(C3CCCN3)CC2)cc1. The van der Waals surface area contributed by atoms with Crippen LogP contribution in [0.3, 0.4) is 0 Å². The number of benzene rings is 1. The Labute approximate surface area is 126 Å². The highest BCUT2D eigenvalue weighted by atomic mass is 16.1. The molecular formula is C17H25N3O. The van der Waals surface area contributed by atoms with E-state index in [2.05, 4.69) is 10.2 Å². The van der Waals surface area contributed by atoms with E-state index in [1.807, 2.05) is 24.3 Å². The van der Waals surface area contributed by atoms with Crippen LogP contribution < -0.4 is 11.1 Å². The van der Waals surface area contributed by atoms with Crippen molar-refractivity contribution in [1.29, 1.82) is 0 Å². The Morgan fingerprint density at radius 3 is 2.48 bits per heavy atom. The molecule has 1 aromatic carbocycles. The zero-order valence-electron chi connectivity index (χ0n) is 12.6. The lowest BCUT2D eigenvalue weighted by Crippen LogP contribution is -2.40. The van der Waals surface area contributed by atoms with Gasteiger partial charge in [-0.3, -0.25) is 9.69 Å². The number of nitrogens with zero attached hydrogens (tertiary/aromatic N) is 1. The van der Waals surface area contributed by atoms with E-state index < -0.39 is 0 Å². The molecule has 3 N–H and O–H groups in total. The monoisotopic (exact) mass is 287 g/mol. The Bertz CT molecular complexity index is 471. The van der Waals surface area contributed by atoms with Crippen LogP contribution >= 0.6 is 0 Å². The van der Waals surface area contributed by atoms with Crippen molar-refractivity contribution in [2.75, 3.05) is 19.6 Å². The van der Waals surface area contributed by atoms with Gasteiger partial charge in [0.05, 0.1) is 0 Å². The fourth-order valence-electron chi connectivity index (χ4n) is 3.66. The quantitative estimate of drug-likeness (QED) is 0.887. The molecule has 0 bridgehead atoms. The molecule has 1 amide bonds. The number of rotatable bonds is 4. The van der Waals surface area contributed by atoms with E-state index in [1.165, 1.54) is 50.9 Å². The molecule has 1 atom stereocenters. The molecule has 1 unspecified atom stereocenters. The molecule has 114 valence electrons. The van der Waals surface area contributed by atoms with Gasteiger partial charge in [-0.25, -0.2) is 0 Å². The molecule has 2 aliphatic heterocycles. The smallest absolute Gasteiger partial charge is 0.248 e. The van der Waals surface area contributed by atoms with Crippen LogP contribution in [-0.4, -0.2) is 36.5 Å². The summed E-state index contributed by atoms with van der Waals surface area (Å²) in [6.07, 6.45) is 5.31. The average Bonchev–Trinajstić information content (AvgIpc) is 3.03. The maximum absolute atomic E-state index is 11.1. The molecule has 3 rings (SSSR count). The van der Waals surface area contributed by atoms with Gasteiger partial charge in [-0.1, -0.05) is 12.1 Å². The van der Waals surface area contributed by atoms with Crippen molar-refractivity contribution < 1.29 is 4.79 Å². The number of nitrogens with two attached hydrogens (primary N) is 1. The number of amides is 1. The second kappa shape index (κ2) is 6.58. The van der Waals surface area contributed by atoms with Gasteiger partial charge in [0.25, 0.3) is 0 Å². The van der Waals surface area contributed by atoms with Gasteiger partial charge in [-0.2, -0.15) is 0 Å². The standard InChI is InChI=1S/C17H25N3O/c18-17(21)15-5-3-13(4-6-15)12-20-10-7-14(8-11-20)16-2-1-9-19-16/h3-6,14,16,19H,1-2,7-12H2,(H2,18,21). The fourth-order valence-corrected chi connectivity index (χ4v) is 3.66. The van der Waals surface area contributed by atoms with Crippen LogP contribution in [0.5, 0.6) is 0 Å². The molecule has 2 saturated heterocycles. The largest absolute Gasteiger partial charge is 0.366 e. The average molecular weight is 287 g/mol. The maximum Gasteiger partial charge on any atom is 0.248 e. The van der Waals surface area contributed by atoms with Gasteiger partial charge in [0, 0.05) is 18.2 Å². The summed E-state index contributed by atoms with van der Waals surface area (Å²) in [5.41, 5.74) is 7.12. The number of piperidine rings is 1. The van der Waals surface area contributed by atoms with Gasteiger partial charge >= 0.3 is 0 Å². The molecule has 4 heteroatoms. The minimum Gasteiger partial charge on any atom is -0.366 e. The summed E-state index contributed by atoms with van der Waals surface area (Å²) < 4.78 is 0. The zero-order chi connectivity index (χ0) is 14.7. The number of likely N-dealkylation sites (tertiary alicyclic amines) is 1. The first-order valence-electron chi connectivity index (χ1n) is 8.07. The van der Waals surface area contributed by atoms with Gasteiger partial charge in [0.15, 0.2) is 0 Å². The molecule has 2 fully saturated rings. The second-order valence-electron chi connectivity index (χ2n) is 6.38. The van der Waals surface area contributed by atoms with Crippen LogP contribution in [0, 0.1) is 5.92 Å². The van der Waals surface area contributed by atoms with E-state index in [0.717, 1.165) is 18.5 Å². The lowest BCUT2D eigenvalue weighted by Gasteiger charge is -2.34. The van der Waals surface area contributed by atoms with E-state index >= 15 is 0 Å². The normalized spacial score (nSPS) is 24.3. The molecule has 21 heavy (non-hydrogen) atoms. The van der Waals surface area contributed by atoms with Crippen molar-refractivity contribution in [3.05, 3.63) is 35.4 Å². The third-order valence-corrected chi connectivity index (χ3v) is 4.94. The highest BCUT2D eigenvalue weighted by Crippen LogP contribution is 2.26. The number of hydrogen-bond donors (Lipinski definition) is 2. The molecular weight excluding hydrogens is 262 g/mol. The van der Waals surface area contributed by atoms with Crippen LogP contribution in [0.25, 0.3) is 0 Å². The number of nitrogens with one attached hydrogen (secondary N) is 1. The van der Waals surface area contributed by atoms with Crippen LogP contribution in [0.15, 0.2) is 24.3 Å². The maximum atomic E-state index is 11.1. The Morgan fingerprint density at radius 2 is 1.90 bits per heavy atom. The van der Waals surface area contributed by atoms with Gasteiger partial charge in [0.1, 0.15) is 0 Å². The van der Waals surface area contributed by atoms with E-state index in [-0.39, 0.29) is 5.91 Å². The number of hydrogen-bond acceptors (Lipinski definition) is 3. The first-order valence-corrected chi connectivity index (χ1v) is 8.07. The summed E-state index contributed by atoms with van der Waals surface area (Å²) in [6, 6.07) is 8.46. The third kappa shape index (κ3) is 3.63. The van der Waals surface area contributed by atoms with E-state index in [0.29, 0.717) is 5.56 Å². The van der Waals surface area contributed by atoms with Crippen LogP contribution in [-0.2, 0) is 6.54 Å². The van der Waals surface area contributed by atoms with Crippen LogP contribution in [0.1, 0.15) is 41.6 Å². The van der Waals surface area contributed by atoms with Gasteiger partial charge in [0.2, 0.25) is 5.91 Å². The Hall–Kier alpha value is -1.39. The number of carbonyl (C=O) groups is 1. The van der Waals surface area contributed by atoms with Crippen molar-refractivity contribution in [3.8, 4) is 0 Å². The predicted molar refractivity (Wildman–Crippen MR) is 84.0 cm³/mol. The Kier molecular flexibility index (Phi) is 4.56. The predicted octanol–water partition coefficient (Wildman–Crippen LogP) is 1.75. The van der Waals surface area contributed by atoms with Gasteiger partial charge in [-0.15, -0.1) is 0 Å². The molecule has 0 radical (unpaired) electrons. The summed E-state index contributed by atoms with van der Waals surface area (Å²) in [6.45, 7) is 4.54. The number of primary amides is 1. The van der Waals surface area contributed by atoms with Crippen molar-refractivity contribution >= 4 is 5.91 Å². The molecule has 0 saturated carbocycles. The van der Waals surface area contributed by atoms with Gasteiger partial charge in [-0.05, 0) is 68.9 Å². The van der Waals surface area contributed by atoms with Gasteiger partial charge < -0.3 is 11.1 Å². The van der Waals surface area contributed by atoms with E-state index in [9.17, 15) is 4.79 Å². The molecule has 2 heterocycles. The highest BCUT2D eigenvalue weighted by Gasteiger charge is 2.28. The molecule has 0 aromatic heterocycles.